The van der Waals surface area contributed by atoms with Crippen molar-refractivity contribution in [2.24, 2.45) is 0 Å². The van der Waals surface area contributed by atoms with E-state index in [9.17, 15) is 14.5 Å². The molecule has 0 aliphatic carbocycles. The zero-order valence-electron chi connectivity index (χ0n) is 13.3. The molecule has 8 heteroatoms. The number of phenolic OH excluding ortho intramolecular Hbond substituents is 1. The summed E-state index contributed by atoms with van der Waals surface area (Å²) in [4.78, 5) is 12.3. The molecule has 0 unspecified atom stereocenters. The van der Waals surface area contributed by atoms with Crippen molar-refractivity contribution in [3.63, 3.8) is 0 Å². The van der Waals surface area contributed by atoms with Crippen LogP contribution in [-0.4, -0.2) is 37.3 Å². The van der Waals surface area contributed by atoms with Crippen LogP contribution in [0, 0.1) is 0 Å². The fraction of sp³-hybridized carbons (Fsp3) is 0.235. The average Bonchev–Trinajstić information content (AvgIpc) is 3.06. The van der Waals surface area contributed by atoms with Crippen molar-refractivity contribution < 1.29 is 32.8 Å². The largest absolute Gasteiger partial charge is 0.507 e. The minimum absolute atomic E-state index is 0.00272. The van der Waals surface area contributed by atoms with Crippen LogP contribution in [0.2, 0.25) is 0 Å². The predicted molar refractivity (Wildman–Crippen MR) is 88.9 cm³/mol. The highest BCUT2D eigenvalue weighted by Gasteiger charge is 2.31. The molecule has 0 spiro atoms. The Balaban J connectivity index is 1.56. The summed E-state index contributed by atoms with van der Waals surface area (Å²) in [5, 5.41) is 10.1. The van der Waals surface area contributed by atoms with Crippen LogP contribution in [0.15, 0.2) is 48.5 Å². The highest BCUT2D eigenvalue weighted by Crippen LogP contribution is 2.52. The number of phenols is 1. The van der Waals surface area contributed by atoms with E-state index in [1.165, 1.54) is 12.1 Å². The molecule has 2 aromatic carbocycles. The number of phosphoric ester groups is 1. The van der Waals surface area contributed by atoms with E-state index in [4.69, 9.17) is 18.3 Å². The number of hydrogen-bond acceptors (Lipinski definition) is 7. The number of ether oxygens (including phenoxy) is 1. The fourth-order valence-electron chi connectivity index (χ4n) is 2.26. The summed E-state index contributed by atoms with van der Waals surface area (Å²) < 4.78 is 31.9. The predicted octanol–water partition coefficient (Wildman–Crippen LogP) is 3.17. The molecule has 132 valence electrons. The second-order valence-electron chi connectivity index (χ2n) is 5.17. The number of phosphoric acid groups is 1. The number of aromatic hydroxyl groups is 1. The van der Waals surface area contributed by atoms with Gasteiger partial charge >= 0.3 is 7.82 Å². The van der Waals surface area contributed by atoms with Gasteiger partial charge in [-0.15, -0.1) is 0 Å². The van der Waals surface area contributed by atoms with Gasteiger partial charge in [0, 0.05) is 11.6 Å². The van der Waals surface area contributed by atoms with Gasteiger partial charge in [-0.25, -0.2) is 4.57 Å². The molecule has 1 fully saturated rings. The van der Waals surface area contributed by atoms with Gasteiger partial charge in [-0.3, -0.25) is 18.4 Å². The number of ketones is 1. The van der Waals surface area contributed by atoms with Crippen LogP contribution in [-0.2, 0) is 18.1 Å². The van der Waals surface area contributed by atoms with Gasteiger partial charge in [-0.05, 0) is 12.1 Å². The number of hydrogen-bond donors (Lipinski definition) is 1. The third-order valence-corrected chi connectivity index (χ3v) is 4.93. The normalized spacial score (nSPS) is 15.8. The number of carbonyl (C=O) groups is 1. The Labute approximate surface area is 144 Å². The van der Waals surface area contributed by atoms with E-state index in [0.29, 0.717) is 11.3 Å². The molecule has 0 bridgehead atoms. The van der Waals surface area contributed by atoms with E-state index in [1.807, 2.05) is 6.07 Å². The van der Waals surface area contributed by atoms with Crippen LogP contribution in [0.5, 0.6) is 11.5 Å². The van der Waals surface area contributed by atoms with Gasteiger partial charge in [0.1, 0.15) is 18.1 Å². The molecule has 25 heavy (non-hydrogen) atoms. The second-order valence-corrected chi connectivity index (χ2v) is 6.84. The van der Waals surface area contributed by atoms with Crippen LogP contribution >= 0.6 is 7.82 Å². The van der Waals surface area contributed by atoms with Gasteiger partial charge in [-0.1, -0.05) is 30.3 Å². The van der Waals surface area contributed by atoms with E-state index >= 15 is 0 Å². The third kappa shape index (κ3) is 4.46. The Morgan fingerprint density at radius 3 is 2.48 bits per heavy atom. The number of benzene rings is 2. The van der Waals surface area contributed by atoms with E-state index in [2.05, 4.69) is 0 Å². The van der Waals surface area contributed by atoms with Crippen LogP contribution in [0.4, 0.5) is 0 Å². The van der Waals surface area contributed by atoms with E-state index in [-0.39, 0.29) is 43.5 Å². The van der Waals surface area contributed by atoms with E-state index in [1.54, 1.807) is 30.3 Å². The van der Waals surface area contributed by atoms with Gasteiger partial charge < -0.3 is 9.84 Å². The highest BCUT2D eigenvalue weighted by atomic mass is 31.2. The topological polar surface area (TPSA) is 91.3 Å². The SMILES string of the molecule is O=C(c1ccccc1)c1ccc(OCCOP2(=O)OCCO2)cc1O. The molecule has 0 amide bonds. The van der Waals surface area contributed by atoms with Crippen molar-refractivity contribution in [2.75, 3.05) is 26.4 Å². The maximum atomic E-state index is 12.3. The first kappa shape index (κ1) is 17.6. The van der Waals surface area contributed by atoms with Crippen molar-refractivity contribution in [1.29, 1.82) is 0 Å². The molecule has 2 aromatic rings. The maximum absolute atomic E-state index is 12.3. The molecule has 3 rings (SSSR count). The summed E-state index contributed by atoms with van der Waals surface area (Å²) >= 11 is 0. The van der Waals surface area contributed by atoms with Crippen LogP contribution in [0.1, 0.15) is 15.9 Å². The van der Waals surface area contributed by atoms with Crippen LogP contribution in [0.25, 0.3) is 0 Å². The summed E-state index contributed by atoms with van der Waals surface area (Å²) in [5.74, 6) is -0.0959. The number of rotatable bonds is 7. The summed E-state index contributed by atoms with van der Waals surface area (Å²) in [7, 11) is -3.43. The molecule has 1 saturated heterocycles. The molecule has 7 nitrogen and oxygen atoms in total. The van der Waals surface area contributed by atoms with Gasteiger partial charge in [0.15, 0.2) is 5.78 Å². The molecule has 1 aliphatic rings. The van der Waals surface area contributed by atoms with Crippen LogP contribution in [0.3, 0.4) is 0 Å². The lowest BCUT2D eigenvalue weighted by Crippen LogP contribution is -2.06. The first-order valence-corrected chi connectivity index (χ1v) is 9.13. The summed E-state index contributed by atoms with van der Waals surface area (Å²) in [6.45, 7) is 0.566. The Hall–Kier alpha value is -2.18. The van der Waals surface area contributed by atoms with Crippen molar-refractivity contribution in [3.05, 3.63) is 59.7 Å². The fourth-order valence-corrected chi connectivity index (χ4v) is 3.37. The zero-order chi connectivity index (χ0) is 17.7. The van der Waals surface area contributed by atoms with Crippen molar-refractivity contribution >= 4 is 13.6 Å². The molecule has 1 N–H and O–H groups in total. The van der Waals surface area contributed by atoms with Gasteiger partial charge in [0.2, 0.25) is 0 Å². The van der Waals surface area contributed by atoms with Crippen molar-refractivity contribution in [3.8, 4) is 11.5 Å². The molecule has 0 saturated carbocycles. The van der Waals surface area contributed by atoms with Gasteiger partial charge in [-0.2, -0.15) is 0 Å². The molecular weight excluding hydrogens is 347 g/mol. The summed E-state index contributed by atoms with van der Waals surface area (Å²) in [6.07, 6.45) is 0. The monoisotopic (exact) mass is 364 g/mol. The van der Waals surface area contributed by atoms with Gasteiger partial charge in [0.25, 0.3) is 0 Å². The second kappa shape index (κ2) is 7.80. The van der Waals surface area contributed by atoms with Crippen molar-refractivity contribution in [1.82, 2.24) is 0 Å². The summed E-state index contributed by atoms with van der Waals surface area (Å²) in [6, 6.07) is 13.1. The summed E-state index contributed by atoms with van der Waals surface area (Å²) in [5.41, 5.74) is 0.674. The minimum Gasteiger partial charge on any atom is -0.507 e. The quantitative estimate of drug-likeness (QED) is 0.458. The highest BCUT2D eigenvalue weighted by molar-refractivity contribution is 7.48. The molecule has 0 radical (unpaired) electrons. The maximum Gasteiger partial charge on any atom is 0.475 e. The molecule has 0 atom stereocenters. The number of carbonyl (C=O) groups excluding carboxylic acids is 1. The standard InChI is InChI=1S/C17H17O7P/c18-16-12-14(21-8-9-22-25(20)23-10-11-24-25)6-7-15(16)17(19)13-4-2-1-3-5-13/h1-7,12,18H,8-11H2. The first-order valence-electron chi connectivity index (χ1n) is 7.67. The average molecular weight is 364 g/mol. The Bertz CT molecular complexity index is 781. The van der Waals surface area contributed by atoms with E-state index in [0.717, 1.165) is 0 Å². The molecule has 0 aromatic heterocycles. The van der Waals surface area contributed by atoms with Gasteiger partial charge in [0.05, 0.1) is 25.4 Å². The lowest BCUT2D eigenvalue weighted by Gasteiger charge is -2.11. The Kier molecular flexibility index (Phi) is 5.50. The van der Waals surface area contributed by atoms with E-state index < -0.39 is 7.82 Å². The third-order valence-electron chi connectivity index (χ3n) is 3.43. The zero-order valence-corrected chi connectivity index (χ0v) is 14.2. The lowest BCUT2D eigenvalue weighted by molar-refractivity contribution is 0.103. The smallest absolute Gasteiger partial charge is 0.475 e. The molecular formula is C17H17O7P. The van der Waals surface area contributed by atoms with Crippen LogP contribution < -0.4 is 4.74 Å². The lowest BCUT2D eigenvalue weighted by atomic mass is 10.0. The van der Waals surface area contributed by atoms with Crippen molar-refractivity contribution in [2.45, 2.75) is 0 Å². The minimum atomic E-state index is -3.43. The Morgan fingerprint density at radius 1 is 1.08 bits per heavy atom. The first-order chi connectivity index (χ1) is 12.1. The molecule has 1 heterocycles. The molecule has 1 aliphatic heterocycles. The Morgan fingerprint density at radius 2 is 1.80 bits per heavy atom.